The van der Waals surface area contributed by atoms with Gasteiger partial charge in [0.05, 0.1) is 16.3 Å². The van der Waals surface area contributed by atoms with Crippen molar-refractivity contribution in [2.45, 2.75) is 19.9 Å². The molecule has 0 radical (unpaired) electrons. The molecule has 1 fully saturated rings. The summed E-state index contributed by atoms with van der Waals surface area (Å²) in [5.41, 5.74) is 3.49. The first-order valence-electron chi connectivity index (χ1n) is 9.12. The third-order valence-corrected chi connectivity index (χ3v) is 6.09. The van der Waals surface area contributed by atoms with E-state index in [1.165, 1.54) is 11.8 Å². The van der Waals surface area contributed by atoms with Gasteiger partial charge in [-0.2, -0.15) is 5.10 Å². The van der Waals surface area contributed by atoms with Crippen LogP contribution in [0, 0.1) is 0 Å². The van der Waals surface area contributed by atoms with Crippen molar-refractivity contribution in [2.24, 2.45) is 0 Å². The molecule has 7 heteroatoms. The highest BCUT2D eigenvalue weighted by Crippen LogP contribution is 2.36. The number of halogens is 1. The van der Waals surface area contributed by atoms with Crippen LogP contribution in [-0.2, 0) is 4.79 Å². The van der Waals surface area contributed by atoms with Gasteiger partial charge in [-0.3, -0.25) is 9.69 Å². The predicted octanol–water partition coefficient (Wildman–Crippen LogP) is 5.80. The van der Waals surface area contributed by atoms with Crippen molar-refractivity contribution in [3.8, 4) is 16.9 Å². The average molecular weight is 440 g/mol. The number of carbonyl (C=O) groups excluding carboxylic acids is 1. The topological polar surface area (TPSA) is 38.1 Å². The number of aromatic nitrogens is 2. The maximum Gasteiger partial charge on any atom is 0.266 e. The molecule has 3 aromatic rings. The Morgan fingerprint density at radius 2 is 1.79 bits per heavy atom. The van der Waals surface area contributed by atoms with Crippen LogP contribution in [0.5, 0.6) is 0 Å². The highest BCUT2D eigenvalue weighted by molar-refractivity contribution is 8.26. The Bertz CT molecular complexity index is 1100. The largest absolute Gasteiger partial charge is 0.290 e. The maximum absolute atomic E-state index is 12.8. The van der Waals surface area contributed by atoms with Gasteiger partial charge in [0, 0.05) is 28.4 Å². The molecule has 1 aliphatic heterocycles. The summed E-state index contributed by atoms with van der Waals surface area (Å²) < 4.78 is 2.40. The molecule has 4 nitrogen and oxygen atoms in total. The van der Waals surface area contributed by atoms with Gasteiger partial charge in [-0.05, 0) is 44.2 Å². The summed E-state index contributed by atoms with van der Waals surface area (Å²) in [4.78, 5) is 15.1. The second-order valence-electron chi connectivity index (χ2n) is 6.87. The second kappa shape index (κ2) is 8.14. The second-order valence-corrected chi connectivity index (χ2v) is 8.98. The number of amides is 1. The van der Waals surface area contributed by atoms with Gasteiger partial charge in [0.15, 0.2) is 0 Å². The molecule has 4 rings (SSSR count). The highest BCUT2D eigenvalue weighted by Gasteiger charge is 2.34. The predicted molar refractivity (Wildman–Crippen MR) is 124 cm³/mol. The first-order valence-corrected chi connectivity index (χ1v) is 10.7. The van der Waals surface area contributed by atoms with E-state index < -0.39 is 0 Å². The van der Waals surface area contributed by atoms with Crippen LogP contribution in [0.4, 0.5) is 0 Å². The Morgan fingerprint density at radius 1 is 1.10 bits per heavy atom. The van der Waals surface area contributed by atoms with Gasteiger partial charge in [0.1, 0.15) is 4.32 Å². The lowest BCUT2D eigenvalue weighted by Crippen LogP contribution is -2.34. The minimum absolute atomic E-state index is 0.0242. The third-order valence-electron chi connectivity index (χ3n) is 4.51. The Hall–Kier alpha value is -2.41. The fourth-order valence-electron chi connectivity index (χ4n) is 3.10. The van der Waals surface area contributed by atoms with E-state index in [1.807, 2.05) is 85.4 Å². The van der Waals surface area contributed by atoms with Crippen molar-refractivity contribution in [3.05, 3.63) is 76.3 Å². The molecule has 1 saturated heterocycles. The Labute approximate surface area is 184 Å². The number of thioether (sulfide) groups is 1. The van der Waals surface area contributed by atoms with Crippen molar-refractivity contribution >= 4 is 51.9 Å². The van der Waals surface area contributed by atoms with E-state index >= 15 is 0 Å². The first-order chi connectivity index (χ1) is 13.9. The molecule has 2 heterocycles. The van der Waals surface area contributed by atoms with Crippen LogP contribution in [-0.4, -0.2) is 30.9 Å². The minimum Gasteiger partial charge on any atom is -0.290 e. The fourth-order valence-corrected chi connectivity index (χ4v) is 4.75. The van der Waals surface area contributed by atoms with Gasteiger partial charge in [0.25, 0.3) is 5.91 Å². The number of hydrogen-bond acceptors (Lipinski definition) is 4. The monoisotopic (exact) mass is 439 g/mol. The van der Waals surface area contributed by atoms with Crippen molar-refractivity contribution < 1.29 is 4.79 Å². The quantitative estimate of drug-likeness (QED) is 0.380. The molecular weight excluding hydrogens is 422 g/mol. The molecule has 0 N–H and O–H groups in total. The molecule has 0 aliphatic carbocycles. The molecule has 0 unspecified atom stereocenters. The summed E-state index contributed by atoms with van der Waals surface area (Å²) >= 11 is 12.8. The van der Waals surface area contributed by atoms with Crippen LogP contribution in [0.2, 0.25) is 5.02 Å². The summed E-state index contributed by atoms with van der Waals surface area (Å²) in [6, 6.07) is 17.4. The lowest BCUT2D eigenvalue weighted by Gasteiger charge is -2.18. The van der Waals surface area contributed by atoms with E-state index in [2.05, 4.69) is 0 Å². The molecule has 29 heavy (non-hydrogen) atoms. The van der Waals surface area contributed by atoms with Crippen LogP contribution < -0.4 is 0 Å². The van der Waals surface area contributed by atoms with Gasteiger partial charge >= 0.3 is 0 Å². The molecule has 0 saturated carbocycles. The van der Waals surface area contributed by atoms with Crippen molar-refractivity contribution in [1.82, 2.24) is 14.7 Å². The van der Waals surface area contributed by atoms with Gasteiger partial charge in [0.2, 0.25) is 0 Å². The van der Waals surface area contributed by atoms with Crippen molar-refractivity contribution in [3.63, 3.8) is 0 Å². The van der Waals surface area contributed by atoms with E-state index in [0.29, 0.717) is 14.2 Å². The maximum atomic E-state index is 12.8. The van der Waals surface area contributed by atoms with Gasteiger partial charge in [-0.25, -0.2) is 4.68 Å². The summed E-state index contributed by atoms with van der Waals surface area (Å²) in [7, 11) is 0. The molecule has 0 bridgehead atoms. The van der Waals surface area contributed by atoms with Crippen LogP contribution in [0.15, 0.2) is 65.7 Å². The molecule has 1 aromatic heterocycles. The van der Waals surface area contributed by atoms with Crippen LogP contribution in [0.1, 0.15) is 19.4 Å². The van der Waals surface area contributed by atoms with Crippen LogP contribution >= 0.6 is 35.6 Å². The SMILES string of the molecule is CC(C)N1C(=O)/C(=C\c2cn(-c3ccccc3)nc2-c2ccc(Cl)cc2)SC1=S. The zero-order chi connectivity index (χ0) is 20.5. The number of benzene rings is 2. The smallest absolute Gasteiger partial charge is 0.266 e. The van der Waals surface area contributed by atoms with Crippen LogP contribution in [0.3, 0.4) is 0 Å². The van der Waals surface area contributed by atoms with E-state index in [-0.39, 0.29) is 11.9 Å². The number of nitrogens with zero attached hydrogens (tertiary/aromatic N) is 3. The van der Waals surface area contributed by atoms with Gasteiger partial charge in [-0.15, -0.1) is 0 Å². The lowest BCUT2D eigenvalue weighted by atomic mass is 10.1. The van der Waals surface area contributed by atoms with Gasteiger partial charge in [-0.1, -0.05) is 65.9 Å². The fraction of sp³-hybridized carbons (Fsp3) is 0.136. The molecule has 2 aromatic carbocycles. The van der Waals surface area contributed by atoms with Gasteiger partial charge < -0.3 is 0 Å². The number of thiocarbonyl (C=S) groups is 1. The van der Waals surface area contributed by atoms with Crippen molar-refractivity contribution in [2.75, 3.05) is 0 Å². The van der Waals surface area contributed by atoms with Crippen LogP contribution in [0.25, 0.3) is 23.0 Å². The summed E-state index contributed by atoms with van der Waals surface area (Å²) in [6.07, 6.45) is 3.80. The molecule has 1 amide bonds. The Morgan fingerprint density at radius 3 is 2.41 bits per heavy atom. The van der Waals surface area contributed by atoms with E-state index in [4.69, 9.17) is 28.9 Å². The summed E-state index contributed by atoms with van der Waals surface area (Å²) in [5, 5.41) is 5.45. The minimum atomic E-state index is -0.0653. The Kier molecular flexibility index (Phi) is 5.58. The van der Waals surface area contributed by atoms with Crippen molar-refractivity contribution in [1.29, 1.82) is 0 Å². The highest BCUT2D eigenvalue weighted by atomic mass is 35.5. The zero-order valence-corrected chi connectivity index (χ0v) is 18.3. The first kappa shape index (κ1) is 19.9. The average Bonchev–Trinajstić information content (AvgIpc) is 3.24. The number of para-hydroxylation sites is 1. The summed E-state index contributed by atoms with van der Waals surface area (Å²) in [5.74, 6) is -0.0653. The van der Waals surface area contributed by atoms with E-state index in [1.54, 1.807) is 4.90 Å². The zero-order valence-electron chi connectivity index (χ0n) is 15.9. The summed E-state index contributed by atoms with van der Waals surface area (Å²) in [6.45, 7) is 3.92. The third kappa shape index (κ3) is 4.01. The molecule has 1 aliphatic rings. The molecule has 0 spiro atoms. The molecule has 0 atom stereocenters. The number of rotatable bonds is 4. The normalized spacial score (nSPS) is 15.7. The van der Waals surface area contributed by atoms with E-state index in [9.17, 15) is 4.79 Å². The molecule has 146 valence electrons. The standard InChI is InChI=1S/C22H18ClN3OS2/c1-14(2)26-21(27)19(29-22(26)28)12-16-13-25(18-6-4-3-5-7-18)24-20(16)15-8-10-17(23)11-9-15/h3-14H,1-2H3/b19-12+. The Balaban J connectivity index is 1.82. The van der Waals surface area contributed by atoms with E-state index in [0.717, 1.165) is 22.5 Å². The number of carbonyl (C=O) groups is 1. The lowest BCUT2D eigenvalue weighted by molar-refractivity contribution is -0.123. The molecular formula is C22H18ClN3OS2. The number of hydrogen-bond donors (Lipinski definition) is 0.